The first-order chi connectivity index (χ1) is 7.86. The molecule has 0 aliphatic rings. The van der Waals surface area contributed by atoms with Gasteiger partial charge in [-0.2, -0.15) is 10.5 Å². The molecule has 2 aromatic rings. The number of thiophene rings is 1. The largest absolute Gasteiger partial charge is 0.235 e. The summed E-state index contributed by atoms with van der Waals surface area (Å²) in [5.41, 5.74) is 0.869. The third-order valence-electron chi connectivity index (χ3n) is 1.94. The van der Waals surface area contributed by atoms with Crippen LogP contribution in [0.4, 0.5) is 0 Å². The van der Waals surface area contributed by atoms with Crippen LogP contribution in [0.3, 0.4) is 0 Å². The molecule has 0 saturated carbocycles. The minimum atomic E-state index is -0.910. The molecule has 2 heterocycles. The molecule has 0 bridgehead atoms. The minimum Gasteiger partial charge on any atom is -0.235 e. The maximum atomic E-state index is 8.84. The van der Waals surface area contributed by atoms with E-state index in [0.717, 1.165) is 4.88 Å². The van der Waals surface area contributed by atoms with Gasteiger partial charge in [-0.1, -0.05) is 6.07 Å². The van der Waals surface area contributed by atoms with Gasteiger partial charge in [0.05, 0.1) is 17.0 Å². The van der Waals surface area contributed by atoms with Crippen molar-refractivity contribution >= 4 is 11.3 Å². The van der Waals surface area contributed by atoms with E-state index in [-0.39, 0.29) is 0 Å². The lowest BCUT2D eigenvalue weighted by atomic mass is 10.1. The zero-order valence-electron chi connectivity index (χ0n) is 8.03. The molecule has 2 aromatic heterocycles. The molecule has 0 aromatic carbocycles. The van der Waals surface area contributed by atoms with Gasteiger partial charge in [-0.15, -0.1) is 21.5 Å². The summed E-state index contributed by atoms with van der Waals surface area (Å²) in [6, 6.07) is 7.49. The first-order valence-electron chi connectivity index (χ1n) is 4.37. The summed E-state index contributed by atoms with van der Waals surface area (Å²) in [5.74, 6) is -0.910. The molecule has 5 nitrogen and oxygen atoms in total. The zero-order chi connectivity index (χ0) is 11.4. The third kappa shape index (κ3) is 1.74. The Morgan fingerprint density at radius 1 is 1.31 bits per heavy atom. The van der Waals surface area contributed by atoms with Crippen molar-refractivity contribution in [2.75, 3.05) is 0 Å². The topological polar surface area (TPSA) is 86.2 Å². The Hall–Kier alpha value is -2.31. The van der Waals surface area contributed by atoms with Crippen molar-refractivity contribution in [3.63, 3.8) is 0 Å². The highest BCUT2D eigenvalue weighted by molar-refractivity contribution is 7.13. The fraction of sp³-hybridized carbons (Fsp3) is 0.100. The van der Waals surface area contributed by atoms with Gasteiger partial charge in [0.25, 0.3) is 0 Å². The average molecular weight is 227 g/mol. The van der Waals surface area contributed by atoms with E-state index in [1.807, 2.05) is 29.7 Å². The molecule has 6 heteroatoms. The lowest BCUT2D eigenvalue weighted by Crippen LogP contribution is -2.02. The van der Waals surface area contributed by atoms with E-state index in [0.29, 0.717) is 11.4 Å². The molecule has 16 heavy (non-hydrogen) atoms. The number of hydrogen-bond donors (Lipinski definition) is 0. The van der Waals surface area contributed by atoms with Crippen LogP contribution in [0.25, 0.3) is 10.6 Å². The van der Waals surface area contributed by atoms with Crippen LogP contribution in [0.2, 0.25) is 0 Å². The Bertz CT molecular complexity index is 550. The van der Waals surface area contributed by atoms with Crippen LogP contribution < -0.4 is 0 Å². The number of nitrogens with zero attached hydrogens (tertiary/aromatic N) is 5. The summed E-state index contributed by atoms with van der Waals surface area (Å²) in [5, 5.41) is 27.2. The van der Waals surface area contributed by atoms with E-state index in [4.69, 9.17) is 10.5 Å². The highest BCUT2D eigenvalue weighted by atomic mass is 32.1. The van der Waals surface area contributed by atoms with Crippen LogP contribution in [0.15, 0.2) is 23.8 Å². The van der Waals surface area contributed by atoms with Crippen molar-refractivity contribution in [2.45, 2.75) is 5.92 Å². The first kappa shape index (κ1) is 10.2. The van der Waals surface area contributed by atoms with Gasteiger partial charge in [0.1, 0.15) is 17.7 Å². The summed E-state index contributed by atoms with van der Waals surface area (Å²) in [4.78, 5) is 4.82. The Morgan fingerprint density at radius 3 is 2.75 bits per heavy atom. The molecule has 76 valence electrons. The summed E-state index contributed by atoms with van der Waals surface area (Å²) < 4.78 is 0. The number of aromatic nitrogens is 3. The van der Waals surface area contributed by atoms with E-state index >= 15 is 0 Å². The van der Waals surface area contributed by atoms with Crippen LogP contribution in [0.1, 0.15) is 11.6 Å². The van der Waals surface area contributed by atoms with Gasteiger partial charge < -0.3 is 0 Å². The quantitative estimate of drug-likeness (QED) is 0.779. The number of rotatable bonds is 2. The first-order valence-corrected chi connectivity index (χ1v) is 5.25. The molecule has 0 fully saturated rings. The minimum absolute atomic E-state index is 0.363. The molecule has 0 saturated heterocycles. The van der Waals surface area contributed by atoms with Crippen molar-refractivity contribution in [1.29, 1.82) is 10.5 Å². The summed E-state index contributed by atoms with van der Waals surface area (Å²) in [7, 11) is 0. The molecular formula is C10H5N5S. The Balaban J connectivity index is 2.56. The van der Waals surface area contributed by atoms with E-state index < -0.39 is 5.92 Å². The van der Waals surface area contributed by atoms with Crippen molar-refractivity contribution in [3.05, 3.63) is 29.5 Å². The predicted molar refractivity (Wildman–Crippen MR) is 57.1 cm³/mol. The second-order valence-electron chi connectivity index (χ2n) is 2.86. The van der Waals surface area contributed by atoms with Crippen molar-refractivity contribution in [1.82, 2.24) is 15.2 Å². The van der Waals surface area contributed by atoms with Crippen LogP contribution in [0.5, 0.6) is 0 Å². The molecule has 0 amide bonds. The monoisotopic (exact) mass is 227 g/mol. The van der Waals surface area contributed by atoms with Crippen molar-refractivity contribution in [2.24, 2.45) is 0 Å². The lowest BCUT2D eigenvalue weighted by Gasteiger charge is -2.03. The van der Waals surface area contributed by atoms with Gasteiger partial charge >= 0.3 is 0 Å². The molecule has 0 aliphatic heterocycles. The predicted octanol–water partition coefficient (Wildman–Crippen LogP) is 1.73. The maximum absolute atomic E-state index is 8.84. The molecule has 0 spiro atoms. The Kier molecular flexibility index (Phi) is 2.86. The van der Waals surface area contributed by atoms with Gasteiger partial charge in [0, 0.05) is 0 Å². The SMILES string of the molecule is N#CC(C#N)c1ncnnc1-c1cccs1. The third-order valence-corrected chi connectivity index (χ3v) is 2.81. The molecule has 0 atom stereocenters. The normalized spacial score (nSPS) is 9.69. The molecule has 0 unspecified atom stereocenters. The fourth-order valence-corrected chi connectivity index (χ4v) is 1.95. The van der Waals surface area contributed by atoms with Gasteiger partial charge in [-0.3, -0.25) is 0 Å². The molecule has 2 rings (SSSR count). The molecule has 0 aliphatic carbocycles. The number of hydrogen-bond acceptors (Lipinski definition) is 6. The van der Waals surface area contributed by atoms with E-state index in [1.54, 1.807) is 0 Å². The summed E-state index contributed by atoms with van der Waals surface area (Å²) in [6.07, 6.45) is 1.24. The fourth-order valence-electron chi connectivity index (χ4n) is 1.24. The second-order valence-corrected chi connectivity index (χ2v) is 3.81. The summed E-state index contributed by atoms with van der Waals surface area (Å²) >= 11 is 1.47. The van der Waals surface area contributed by atoms with Crippen molar-refractivity contribution < 1.29 is 0 Å². The van der Waals surface area contributed by atoms with Gasteiger partial charge in [-0.05, 0) is 11.4 Å². The van der Waals surface area contributed by atoms with E-state index in [2.05, 4.69) is 15.2 Å². The van der Waals surface area contributed by atoms with Crippen molar-refractivity contribution in [3.8, 4) is 22.7 Å². The smallest absolute Gasteiger partial charge is 0.177 e. The second kappa shape index (κ2) is 4.47. The van der Waals surface area contributed by atoms with Crippen LogP contribution in [-0.4, -0.2) is 15.2 Å². The number of nitriles is 2. The zero-order valence-corrected chi connectivity index (χ0v) is 8.85. The molecule has 0 radical (unpaired) electrons. The molecule has 0 N–H and O–H groups in total. The maximum Gasteiger partial charge on any atom is 0.177 e. The van der Waals surface area contributed by atoms with E-state index in [1.165, 1.54) is 17.7 Å². The van der Waals surface area contributed by atoms with Gasteiger partial charge in [0.2, 0.25) is 0 Å². The summed E-state index contributed by atoms with van der Waals surface area (Å²) in [6.45, 7) is 0. The molecular weight excluding hydrogens is 222 g/mol. The van der Waals surface area contributed by atoms with Crippen LogP contribution >= 0.6 is 11.3 Å². The Morgan fingerprint density at radius 2 is 2.12 bits per heavy atom. The highest BCUT2D eigenvalue weighted by Crippen LogP contribution is 2.27. The lowest BCUT2D eigenvalue weighted by molar-refractivity contribution is 0.902. The Labute approximate surface area is 95.6 Å². The van der Waals surface area contributed by atoms with E-state index in [9.17, 15) is 0 Å². The van der Waals surface area contributed by atoms with Crippen LogP contribution in [0, 0.1) is 22.7 Å². The standard InChI is InChI=1S/C10H5N5S/c11-4-7(5-12)9-10(15-14-6-13-9)8-2-1-3-16-8/h1-3,6-7H. The highest BCUT2D eigenvalue weighted by Gasteiger charge is 2.18. The average Bonchev–Trinajstić information content (AvgIpc) is 2.85. The van der Waals surface area contributed by atoms with Gasteiger partial charge in [-0.25, -0.2) is 4.98 Å². The van der Waals surface area contributed by atoms with Crippen LogP contribution in [-0.2, 0) is 0 Å². The van der Waals surface area contributed by atoms with Gasteiger partial charge in [0.15, 0.2) is 5.92 Å².